The van der Waals surface area contributed by atoms with Gasteiger partial charge in [0.2, 0.25) is 5.91 Å². The fourth-order valence-electron chi connectivity index (χ4n) is 5.77. The van der Waals surface area contributed by atoms with Gasteiger partial charge in [-0.25, -0.2) is 0 Å². The van der Waals surface area contributed by atoms with E-state index in [-0.39, 0.29) is 22.7 Å². The molecule has 3 aliphatic rings. The molecule has 31 heavy (non-hydrogen) atoms. The maximum atomic E-state index is 13.1. The summed E-state index contributed by atoms with van der Waals surface area (Å²) >= 11 is 0. The van der Waals surface area contributed by atoms with Gasteiger partial charge >= 0.3 is 0 Å². The van der Waals surface area contributed by atoms with E-state index in [1.54, 1.807) is 0 Å². The van der Waals surface area contributed by atoms with Crippen LogP contribution in [0.4, 0.5) is 0 Å². The Morgan fingerprint density at radius 1 is 0.935 bits per heavy atom. The Bertz CT molecular complexity index is 869. The first kappa shape index (κ1) is 20.7. The van der Waals surface area contributed by atoms with Crippen LogP contribution in [-0.2, 0) is 21.5 Å². The Kier molecular flexibility index (Phi) is 5.85. The van der Waals surface area contributed by atoms with Gasteiger partial charge in [0.25, 0.3) is 0 Å². The number of hydrogen-bond donors (Lipinski definition) is 1. The summed E-state index contributed by atoms with van der Waals surface area (Å²) in [7, 11) is 0. The lowest BCUT2D eigenvalue weighted by Gasteiger charge is -2.38. The van der Waals surface area contributed by atoms with Crippen molar-refractivity contribution in [2.24, 2.45) is 11.3 Å². The van der Waals surface area contributed by atoms with Crippen molar-refractivity contribution in [3.63, 3.8) is 0 Å². The van der Waals surface area contributed by atoms with Gasteiger partial charge in [-0.1, -0.05) is 60.7 Å². The van der Waals surface area contributed by atoms with Crippen LogP contribution in [0.3, 0.4) is 0 Å². The number of carbonyl (C=O) groups excluding carboxylic acids is 1. The maximum Gasteiger partial charge on any atom is 0.223 e. The molecule has 1 aliphatic carbocycles. The third kappa shape index (κ3) is 4.42. The van der Waals surface area contributed by atoms with Gasteiger partial charge in [0.15, 0.2) is 0 Å². The molecule has 0 bridgehead atoms. The minimum Gasteiger partial charge on any atom is -0.381 e. The molecule has 1 spiro atoms. The van der Waals surface area contributed by atoms with Crippen molar-refractivity contribution < 1.29 is 9.53 Å². The molecular formula is C27H34N2O2. The lowest BCUT2D eigenvalue weighted by Crippen LogP contribution is -2.45. The molecule has 3 fully saturated rings. The maximum absolute atomic E-state index is 13.1. The number of likely N-dealkylation sites (tertiary alicyclic amines) is 1. The number of amides is 1. The molecule has 1 amide bonds. The Balaban J connectivity index is 1.15. The van der Waals surface area contributed by atoms with Crippen molar-refractivity contribution >= 4 is 5.91 Å². The standard InChI is InChI=1S/C27H34N2O2/c30-25(28-21-27(13-17-31-18-14-27)23-9-5-2-6-10-23)24-19-26(24)11-15-29(16-12-26)20-22-7-3-1-4-8-22/h1-10,24H,11-21H2,(H,28,30). The first-order valence-corrected chi connectivity index (χ1v) is 11.9. The highest BCUT2D eigenvalue weighted by molar-refractivity contribution is 5.82. The highest BCUT2D eigenvalue weighted by Crippen LogP contribution is 2.59. The molecule has 2 aromatic carbocycles. The van der Waals surface area contributed by atoms with Crippen molar-refractivity contribution in [3.05, 3.63) is 71.8 Å². The normalized spacial score (nSPS) is 24.6. The van der Waals surface area contributed by atoms with Crippen LogP contribution in [0.2, 0.25) is 0 Å². The number of nitrogens with zero attached hydrogens (tertiary/aromatic N) is 1. The van der Waals surface area contributed by atoms with Crippen LogP contribution < -0.4 is 5.32 Å². The van der Waals surface area contributed by atoms with Gasteiger partial charge in [0.05, 0.1) is 0 Å². The monoisotopic (exact) mass is 418 g/mol. The molecule has 2 heterocycles. The quantitative estimate of drug-likeness (QED) is 0.766. The van der Waals surface area contributed by atoms with Crippen LogP contribution in [0, 0.1) is 11.3 Å². The van der Waals surface area contributed by atoms with Crippen LogP contribution in [-0.4, -0.2) is 43.7 Å². The predicted molar refractivity (Wildman–Crippen MR) is 123 cm³/mol. The summed E-state index contributed by atoms with van der Waals surface area (Å²) in [6.07, 6.45) is 5.31. The van der Waals surface area contributed by atoms with Gasteiger partial charge < -0.3 is 10.1 Å². The van der Waals surface area contributed by atoms with E-state index < -0.39 is 0 Å². The summed E-state index contributed by atoms with van der Waals surface area (Å²) in [5.74, 6) is 0.484. The number of hydrogen-bond acceptors (Lipinski definition) is 3. The second-order valence-corrected chi connectivity index (χ2v) is 9.86. The Labute approximate surface area is 186 Å². The summed E-state index contributed by atoms with van der Waals surface area (Å²) in [5.41, 5.74) is 2.98. The molecular weight excluding hydrogens is 384 g/mol. The summed E-state index contributed by atoms with van der Waals surface area (Å²) in [6.45, 7) is 5.50. The molecule has 1 saturated carbocycles. The van der Waals surface area contributed by atoms with Gasteiger partial charge in [-0.3, -0.25) is 9.69 Å². The zero-order valence-corrected chi connectivity index (χ0v) is 18.4. The molecule has 164 valence electrons. The van der Waals surface area contributed by atoms with Gasteiger partial charge in [0.1, 0.15) is 0 Å². The van der Waals surface area contributed by atoms with Crippen molar-refractivity contribution in [2.45, 2.75) is 44.1 Å². The molecule has 0 radical (unpaired) electrons. The van der Waals surface area contributed by atoms with Gasteiger partial charge in [-0.15, -0.1) is 0 Å². The summed E-state index contributed by atoms with van der Waals surface area (Å²) in [5, 5.41) is 3.37. The van der Waals surface area contributed by atoms with Crippen LogP contribution in [0.15, 0.2) is 60.7 Å². The first-order chi connectivity index (χ1) is 15.2. The Morgan fingerprint density at radius 2 is 1.58 bits per heavy atom. The minimum atomic E-state index is 0.0102. The summed E-state index contributed by atoms with van der Waals surface area (Å²) in [4.78, 5) is 15.7. The predicted octanol–water partition coefficient (Wildman–Crippen LogP) is 4.15. The third-order valence-electron chi connectivity index (χ3n) is 8.04. The third-order valence-corrected chi connectivity index (χ3v) is 8.04. The fourth-order valence-corrected chi connectivity index (χ4v) is 5.77. The van der Waals surface area contributed by atoms with Gasteiger partial charge in [-0.2, -0.15) is 0 Å². The molecule has 2 aliphatic heterocycles. The fraction of sp³-hybridized carbons (Fsp3) is 0.519. The zero-order chi connectivity index (χ0) is 21.2. The van der Waals surface area contributed by atoms with Crippen LogP contribution >= 0.6 is 0 Å². The molecule has 2 aromatic rings. The summed E-state index contributed by atoms with van der Waals surface area (Å²) in [6, 6.07) is 21.4. The van der Waals surface area contributed by atoms with Gasteiger partial charge in [0, 0.05) is 37.6 Å². The average Bonchev–Trinajstić information content (AvgIpc) is 3.54. The highest BCUT2D eigenvalue weighted by atomic mass is 16.5. The van der Waals surface area contributed by atoms with E-state index in [4.69, 9.17) is 4.74 Å². The van der Waals surface area contributed by atoms with Crippen LogP contribution in [0.5, 0.6) is 0 Å². The van der Waals surface area contributed by atoms with E-state index in [0.717, 1.165) is 71.5 Å². The largest absolute Gasteiger partial charge is 0.381 e. The molecule has 1 N–H and O–H groups in total. The number of ether oxygens (including phenoxy) is 1. The Hall–Kier alpha value is -2.17. The number of piperidine rings is 1. The molecule has 2 saturated heterocycles. The van der Waals surface area contributed by atoms with E-state index in [1.807, 2.05) is 0 Å². The molecule has 4 heteroatoms. The number of nitrogens with one attached hydrogen (secondary N) is 1. The first-order valence-electron chi connectivity index (χ1n) is 11.9. The van der Waals surface area contributed by atoms with Crippen molar-refractivity contribution in [3.8, 4) is 0 Å². The molecule has 5 rings (SSSR count). The zero-order valence-electron chi connectivity index (χ0n) is 18.4. The van der Waals surface area contributed by atoms with Crippen molar-refractivity contribution in [2.75, 3.05) is 32.8 Å². The lowest BCUT2D eigenvalue weighted by atomic mass is 9.74. The number of benzene rings is 2. The van der Waals surface area contributed by atoms with E-state index in [9.17, 15) is 4.79 Å². The van der Waals surface area contributed by atoms with E-state index >= 15 is 0 Å². The minimum absolute atomic E-state index is 0.0102. The van der Waals surface area contributed by atoms with E-state index in [2.05, 4.69) is 70.9 Å². The van der Waals surface area contributed by atoms with Crippen LogP contribution in [0.1, 0.15) is 43.2 Å². The highest BCUT2D eigenvalue weighted by Gasteiger charge is 2.58. The molecule has 0 aromatic heterocycles. The van der Waals surface area contributed by atoms with Crippen molar-refractivity contribution in [1.29, 1.82) is 0 Å². The SMILES string of the molecule is O=C(NCC1(c2ccccc2)CCOCC1)C1CC12CCN(Cc1ccccc1)CC2. The molecule has 1 atom stereocenters. The topological polar surface area (TPSA) is 41.6 Å². The second kappa shape index (κ2) is 8.76. The molecule has 1 unspecified atom stereocenters. The lowest BCUT2D eigenvalue weighted by molar-refractivity contribution is -0.124. The smallest absolute Gasteiger partial charge is 0.223 e. The van der Waals surface area contributed by atoms with E-state index in [0.29, 0.717) is 0 Å². The number of rotatable bonds is 6. The average molecular weight is 419 g/mol. The van der Waals surface area contributed by atoms with Gasteiger partial charge in [-0.05, 0) is 61.7 Å². The summed E-state index contributed by atoms with van der Waals surface area (Å²) < 4.78 is 5.64. The Morgan fingerprint density at radius 3 is 2.26 bits per heavy atom. The van der Waals surface area contributed by atoms with Crippen LogP contribution in [0.25, 0.3) is 0 Å². The second-order valence-electron chi connectivity index (χ2n) is 9.86. The molecule has 4 nitrogen and oxygen atoms in total. The number of carbonyl (C=O) groups is 1. The van der Waals surface area contributed by atoms with E-state index in [1.165, 1.54) is 11.1 Å². The van der Waals surface area contributed by atoms with Crippen molar-refractivity contribution in [1.82, 2.24) is 10.2 Å².